The van der Waals surface area contributed by atoms with E-state index in [-0.39, 0.29) is 30.1 Å². The molecule has 2 saturated heterocycles. The SMILES string of the molecule is Cl.O=C(NCCC(=O)N1CCCCC1)C1CCNC1. The zero-order chi connectivity index (χ0) is 12.8. The molecule has 2 N–H and O–H groups in total. The number of likely N-dealkylation sites (tertiary alicyclic amines) is 1. The monoisotopic (exact) mass is 289 g/mol. The Hall–Kier alpha value is -0.810. The minimum absolute atomic E-state index is 0. The van der Waals surface area contributed by atoms with E-state index in [1.165, 1.54) is 6.42 Å². The third kappa shape index (κ3) is 4.99. The summed E-state index contributed by atoms with van der Waals surface area (Å²) in [5, 5.41) is 6.04. The van der Waals surface area contributed by atoms with Crippen LogP contribution in [-0.4, -0.2) is 49.4 Å². The highest BCUT2D eigenvalue weighted by molar-refractivity contribution is 5.85. The fraction of sp³-hybridized carbons (Fsp3) is 0.846. The normalized spacial score (nSPS) is 22.7. The van der Waals surface area contributed by atoms with Crippen molar-refractivity contribution in [2.45, 2.75) is 32.1 Å². The topological polar surface area (TPSA) is 61.4 Å². The second-order valence-corrected chi connectivity index (χ2v) is 5.17. The lowest BCUT2D eigenvalue weighted by molar-refractivity contribution is -0.132. The highest BCUT2D eigenvalue weighted by atomic mass is 35.5. The van der Waals surface area contributed by atoms with Gasteiger partial charge < -0.3 is 15.5 Å². The maximum Gasteiger partial charge on any atom is 0.224 e. The fourth-order valence-electron chi connectivity index (χ4n) is 2.62. The molecule has 110 valence electrons. The molecule has 0 saturated carbocycles. The average Bonchev–Trinajstić information content (AvgIpc) is 2.93. The molecule has 1 unspecified atom stereocenters. The van der Waals surface area contributed by atoms with E-state index < -0.39 is 0 Å². The molecule has 2 aliphatic heterocycles. The summed E-state index contributed by atoms with van der Waals surface area (Å²) in [4.78, 5) is 25.5. The molecule has 2 rings (SSSR count). The molecular formula is C13H24ClN3O2. The summed E-state index contributed by atoms with van der Waals surface area (Å²) < 4.78 is 0. The Kier molecular flexibility index (Phi) is 7.16. The van der Waals surface area contributed by atoms with Crippen LogP contribution in [0.25, 0.3) is 0 Å². The molecule has 0 aromatic rings. The van der Waals surface area contributed by atoms with Crippen molar-refractivity contribution in [1.82, 2.24) is 15.5 Å². The summed E-state index contributed by atoms with van der Waals surface area (Å²) in [5.74, 6) is 0.362. The predicted molar refractivity (Wildman–Crippen MR) is 76.3 cm³/mol. The number of carbonyl (C=O) groups excluding carboxylic acids is 2. The Labute approximate surface area is 120 Å². The van der Waals surface area contributed by atoms with Crippen molar-refractivity contribution >= 4 is 24.2 Å². The minimum Gasteiger partial charge on any atom is -0.355 e. The number of hydrogen-bond acceptors (Lipinski definition) is 3. The summed E-state index contributed by atoms with van der Waals surface area (Å²) >= 11 is 0. The molecule has 0 aromatic carbocycles. The first-order valence-corrected chi connectivity index (χ1v) is 7.03. The van der Waals surface area contributed by atoms with Gasteiger partial charge in [-0.2, -0.15) is 0 Å². The minimum atomic E-state index is 0. The number of rotatable bonds is 4. The van der Waals surface area contributed by atoms with Gasteiger partial charge in [-0.05, 0) is 32.2 Å². The van der Waals surface area contributed by atoms with Gasteiger partial charge in [-0.1, -0.05) is 0 Å². The fourth-order valence-corrected chi connectivity index (χ4v) is 2.62. The molecule has 2 fully saturated rings. The number of carbonyl (C=O) groups is 2. The van der Waals surface area contributed by atoms with Crippen molar-refractivity contribution in [2.75, 3.05) is 32.7 Å². The lowest BCUT2D eigenvalue weighted by Gasteiger charge is -2.26. The van der Waals surface area contributed by atoms with Gasteiger partial charge in [-0.25, -0.2) is 0 Å². The third-order valence-corrected chi connectivity index (χ3v) is 3.78. The smallest absolute Gasteiger partial charge is 0.224 e. The first-order chi connectivity index (χ1) is 8.77. The molecule has 5 nitrogen and oxygen atoms in total. The van der Waals surface area contributed by atoms with E-state index in [0.29, 0.717) is 13.0 Å². The van der Waals surface area contributed by atoms with Crippen LogP contribution in [-0.2, 0) is 9.59 Å². The van der Waals surface area contributed by atoms with Gasteiger partial charge in [0.05, 0.1) is 5.92 Å². The van der Waals surface area contributed by atoms with Gasteiger partial charge in [0.2, 0.25) is 11.8 Å². The van der Waals surface area contributed by atoms with Crippen LogP contribution in [0.4, 0.5) is 0 Å². The summed E-state index contributed by atoms with van der Waals surface area (Å²) in [7, 11) is 0. The Morgan fingerprint density at radius 1 is 1.21 bits per heavy atom. The standard InChI is InChI=1S/C13H23N3O2.ClH/c17-12(16-8-2-1-3-9-16)5-7-15-13(18)11-4-6-14-10-11;/h11,14H,1-10H2,(H,15,18);1H. The molecule has 2 amide bonds. The number of hydrogen-bond donors (Lipinski definition) is 2. The number of nitrogens with one attached hydrogen (secondary N) is 2. The van der Waals surface area contributed by atoms with E-state index in [0.717, 1.165) is 45.4 Å². The van der Waals surface area contributed by atoms with Crippen LogP contribution < -0.4 is 10.6 Å². The molecule has 2 heterocycles. The van der Waals surface area contributed by atoms with Crippen LogP contribution in [0.5, 0.6) is 0 Å². The van der Waals surface area contributed by atoms with Crippen molar-refractivity contribution in [1.29, 1.82) is 0 Å². The van der Waals surface area contributed by atoms with Crippen LogP contribution in [0.15, 0.2) is 0 Å². The summed E-state index contributed by atoms with van der Waals surface area (Å²) in [5.41, 5.74) is 0. The molecule has 0 aliphatic carbocycles. The first-order valence-electron chi connectivity index (χ1n) is 7.03. The molecule has 1 atom stereocenters. The van der Waals surface area contributed by atoms with Crippen molar-refractivity contribution in [2.24, 2.45) is 5.92 Å². The maximum absolute atomic E-state index is 11.9. The molecular weight excluding hydrogens is 266 g/mol. The van der Waals surface area contributed by atoms with Crippen LogP contribution >= 0.6 is 12.4 Å². The molecule has 0 spiro atoms. The Balaban J connectivity index is 0.00000180. The third-order valence-electron chi connectivity index (χ3n) is 3.78. The second kappa shape index (κ2) is 8.38. The van der Waals surface area contributed by atoms with Gasteiger partial charge >= 0.3 is 0 Å². The van der Waals surface area contributed by atoms with Crippen molar-refractivity contribution < 1.29 is 9.59 Å². The lowest BCUT2D eigenvalue weighted by atomic mass is 10.1. The Morgan fingerprint density at radius 3 is 2.58 bits per heavy atom. The van der Waals surface area contributed by atoms with Gasteiger partial charge in [0.15, 0.2) is 0 Å². The van der Waals surface area contributed by atoms with E-state index in [1.54, 1.807) is 0 Å². The quantitative estimate of drug-likeness (QED) is 0.794. The largest absolute Gasteiger partial charge is 0.355 e. The highest BCUT2D eigenvalue weighted by Crippen LogP contribution is 2.10. The lowest BCUT2D eigenvalue weighted by Crippen LogP contribution is -2.39. The highest BCUT2D eigenvalue weighted by Gasteiger charge is 2.22. The predicted octanol–water partition coefficient (Wildman–Crippen LogP) is 0.536. The van der Waals surface area contributed by atoms with E-state index >= 15 is 0 Å². The molecule has 0 aromatic heterocycles. The number of piperidine rings is 1. The van der Waals surface area contributed by atoms with Crippen molar-refractivity contribution in [3.63, 3.8) is 0 Å². The maximum atomic E-state index is 11.9. The van der Waals surface area contributed by atoms with Crippen LogP contribution in [0.2, 0.25) is 0 Å². The molecule has 2 aliphatic rings. The van der Waals surface area contributed by atoms with Gasteiger partial charge in [-0.3, -0.25) is 9.59 Å². The van der Waals surface area contributed by atoms with Crippen LogP contribution in [0.1, 0.15) is 32.1 Å². The van der Waals surface area contributed by atoms with E-state index in [4.69, 9.17) is 0 Å². The number of amides is 2. The number of halogens is 1. The summed E-state index contributed by atoms with van der Waals surface area (Å²) in [6, 6.07) is 0. The molecule has 0 radical (unpaired) electrons. The molecule has 19 heavy (non-hydrogen) atoms. The number of nitrogens with zero attached hydrogens (tertiary/aromatic N) is 1. The van der Waals surface area contributed by atoms with Gasteiger partial charge in [-0.15, -0.1) is 12.4 Å². The Morgan fingerprint density at radius 2 is 1.95 bits per heavy atom. The zero-order valence-electron chi connectivity index (χ0n) is 11.3. The summed E-state index contributed by atoms with van der Waals surface area (Å²) in [6.45, 7) is 3.94. The van der Waals surface area contributed by atoms with E-state index in [9.17, 15) is 9.59 Å². The van der Waals surface area contributed by atoms with Crippen LogP contribution in [0.3, 0.4) is 0 Å². The van der Waals surface area contributed by atoms with Crippen LogP contribution in [0, 0.1) is 5.92 Å². The molecule has 0 bridgehead atoms. The average molecular weight is 290 g/mol. The molecule has 6 heteroatoms. The van der Waals surface area contributed by atoms with E-state index in [1.807, 2.05) is 4.90 Å². The summed E-state index contributed by atoms with van der Waals surface area (Å²) in [6.07, 6.45) is 4.81. The van der Waals surface area contributed by atoms with Crippen molar-refractivity contribution in [3.05, 3.63) is 0 Å². The van der Waals surface area contributed by atoms with Gasteiger partial charge in [0, 0.05) is 32.6 Å². The zero-order valence-corrected chi connectivity index (χ0v) is 12.1. The first kappa shape index (κ1) is 16.2. The van der Waals surface area contributed by atoms with Crippen molar-refractivity contribution in [3.8, 4) is 0 Å². The van der Waals surface area contributed by atoms with Gasteiger partial charge in [0.25, 0.3) is 0 Å². The van der Waals surface area contributed by atoms with E-state index in [2.05, 4.69) is 10.6 Å². The van der Waals surface area contributed by atoms with Gasteiger partial charge in [0.1, 0.15) is 0 Å². The Bertz CT molecular complexity index is 300. The second-order valence-electron chi connectivity index (χ2n) is 5.17.